The summed E-state index contributed by atoms with van der Waals surface area (Å²) in [6.07, 6.45) is 0.460. The number of amides is 2. The highest BCUT2D eigenvalue weighted by Crippen LogP contribution is 2.39. The van der Waals surface area contributed by atoms with Gasteiger partial charge in [0.1, 0.15) is 12.2 Å². The third kappa shape index (κ3) is 5.61. The van der Waals surface area contributed by atoms with Gasteiger partial charge in [-0.3, -0.25) is 0 Å². The Labute approximate surface area is 167 Å². The lowest BCUT2D eigenvalue weighted by Gasteiger charge is -2.47. The molecule has 28 heavy (non-hydrogen) atoms. The molecule has 2 aliphatic rings. The molecule has 2 aliphatic heterocycles. The van der Waals surface area contributed by atoms with E-state index in [1.165, 1.54) is 0 Å². The van der Waals surface area contributed by atoms with Crippen LogP contribution in [0.2, 0.25) is 0 Å². The molecule has 0 radical (unpaired) electrons. The maximum Gasteiger partial charge on any atom is 0.410 e. The average molecular weight is 389 g/mol. The van der Waals surface area contributed by atoms with Crippen LogP contribution < -0.4 is 5.32 Å². The molecular weight excluding hydrogens is 358 g/mol. The Morgan fingerprint density at radius 3 is 2.54 bits per heavy atom. The first-order valence-corrected chi connectivity index (χ1v) is 9.90. The van der Waals surface area contributed by atoms with Crippen molar-refractivity contribution in [3.05, 3.63) is 35.9 Å². The van der Waals surface area contributed by atoms with Crippen molar-refractivity contribution >= 4 is 12.2 Å². The van der Waals surface area contributed by atoms with E-state index in [9.17, 15) is 9.59 Å². The molecule has 2 fully saturated rings. The van der Waals surface area contributed by atoms with E-state index in [4.69, 9.17) is 9.47 Å². The first kappa shape index (κ1) is 20.5. The number of alkyl carbamates (subject to hydrolysis) is 1. The topological polar surface area (TPSA) is 71.1 Å². The Hall–Kier alpha value is -2.28. The predicted octanol–water partition coefficient (Wildman–Crippen LogP) is 2.86. The molecule has 7 nitrogen and oxygen atoms in total. The van der Waals surface area contributed by atoms with Gasteiger partial charge in [0.05, 0.1) is 0 Å². The molecule has 2 saturated heterocycles. The fourth-order valence-corrected chi connectivity index (χ4v) is 3.79. The summed E-state index contributed by atoms with van der Waals surface area (Å²) >= 11 is 0. The largest absolute Gasteiger partial charge is 0.445 e. The lowest BCUT2D eigenvalue weighted by Crippen LogP contribution is -2.60. The molecule has 1 N–H and O–H groups in total. The van der Waals surface area contributed by atoms with E-state index >= 15 is 0 Å². The molecule has 154 valence electrons. The summed E-state index contributed by atoms with van der Waals surface area (Å²) in [6.45, 7) is 10.7. The molecule has 0 unspecified atom stereocenters. The van der Waals surface area contributed by atoms with Crippen LogP contribution in [0.4, 0.5) is 9.59 Å². The van der Waals surface area contributed by atoms with Gasteiger partial charge < -0.3 is 24.6 Å². The monoisotopic (exact) mass is 389 g/mol. The molecule has 1 aromatic carbocycles. The number of carbonyl (C=O) groups excluding carboxylic acids is 2. The van der Waals surface area contributed by atoms with Gasteiger partial charge in [-0.25, -0.2) is 9.59 Å². The Morgan fingerprint density at radius 1 is 1.14 bits per heavy atom. The van der Waals surface area contributed by atoms with Gasteiger partial charge in [0.2, 0.25) is 0 Å². The molecule has 0 aliphatic carbocycles. The minimum Gasteiger partial charge on any atom is -0.445 e. The number of likely N-dealkylation sites (tertiary alicyclic amines) is 2. The van der Waals surface area contributed by atoms with Gasteiger partial charge in [-0.05, 0) is 39.3 Å². The van der Waals surface area contributed by atoms with Crippen LogP contribution in [0.15, 0.2) is 30.3 Å². The molecule has 1 spiro atoms. The third-order valence-electron chi connectivity index (χ3n) is 5.13. The van der Waals surface area contributed by atoms with Crippen molar-refractivity contribution in [1.82, 2.24) is 15.1 Å². The van der Waals surface area contributed by atoms with Crippen molar-refractivity contribution in [1.29, 1.82) is 0 Å². The highest BCUT2D eigenvalue weighted by molar-refractivity contribution is 5.69. The number of carbonyl (C=O) groups is 2. The molecule has 2 amide bonds. The number of nitrogens with one attached hydrogen (secondary N) is 1. The Bertz CT molecular complexity index is 681. The van der Waals surface area contributed by atoms with Crippen molar-refractivity contribution in [3.8, 4) is 0 Å². The highest BCUT2D eigenvalue weighted by atomic mass is 16.6. The lowest BCUT2D eigenvalue weighted by atomic mass is 9.79. The molecule has 0 aromatic heterocycles. The summed E-state index contributed by atoms with van der Waals surface area (Å²) in [7, 11) is 0. The van der Waals surface area contributed by atoms with Gasteiger partial charge >= 0.3 is 12.2 Å². The van der Waals surface area contributed by atoms with Crippen LogP contribution in [-0.4, -0.2) is 66.9 Å². The molecule has 1 aromatic rings. The quantitative estimate of drug-likeness (QED) is 0.838. The fourth-order valence-electron chi connectivity index (χ4n) is 3.79. The van der Waals surface area contributed by atoms with Crippen LogP contribution in [0, 0.1) is 5.41 Å². The summed E-state index contributed by atoms with van der Waals surface area (Å²) in [5, 5.41) is 2.81. The normalized spacial score (nSPS) is 18.6. The molecule has 0 bridgehead atoms. The predicted molar refractivity (Wildman–Crippen MR) is 106 cm³/mol. The van der Waals surface area contributed by atoms with Gasteiger partial charge in [0, 0.05) is 38.1 Å². The summed E-state index contributed by atoms with van der Waals surface area (Å²) in [5.74, 6) is 0. The SMILES string of the molecule is CC(C)(C)OC(=O)N1CC2(CCN(CCNC(=O)OCc3ccccc3)C2)C1. The van der Waals surface area contributed by atoms with Crippen LogP contribution in [0.25, 0.3) is 0 Å². The maximum atomic E-state index is 12.1. The first-order valence-electron chi connectivity index (χ1n) is 9.90. The summed E-state index contributed by atoms with van der Waals surface area (Å²) in [6, 6.07) is 9.63. The number of rotatable bonds is 5. The minimum atomic E-state index is -0.456. The Balaban J connectivity index is 1.30. The summed E-state index contributed by atoms with van der Waals surface area (Å²) in [5.41, 5.74) is 0.700. The maximum absolute atomic E-state index is 12.1. The van der Waals surface area contributed by atoms with Gasteiger partial charge in [-0.1, -0.05) is 30.3 Å². The van der Waals surface area contributed by atoms with Crippen LogP contribution >= 0.6 is 0 Å². The molecule has 0 saturated carbocycles. The van der Waals surface area contributed by atoms with Crippen molar-refractivity contribution in [2.75, 3.05) is 39.3 Å². The Morgan fingerprint density at radius 2 is 1.86 bits per heavy atom. The molecule has 0 atom stereocenters. The average Bonchev–Trinajstić information content (AvgIpc) is 3.03. The van der Waals surface area contributed by atoms with Crippen LogP contribution in [-0.2, 0) is 16.1 Å². The van der Waals surface area contributed by atoms with Crippen LogP contribution in [0.3, 0.4) is 0 Å². The van der Waals surface area contributed by atoms with E-state index in [0.717, 1.165) is 44.7 Å². The van der Waals surface area contributed by atoms with E-state index in [1.54, 1.807) is 4.90 Å². The summed E-state index contributed by atoms with van der Waals surface area (Å²) in [4.78, 5) is 28.0. The van der Waals surface area contributed by atoms with Crippen molar-refractivity contribution < 1.29 is 19.1 Å². The zero-order chi connectivity index (χ0) is 20.2. The molecular formula is C21H31N3O4. The van der Waals surface area contributed by atoms with E-state index < -0.39 is 11.7 Å². The number of ether oxygens (including phenoxy) is 2. The van der Waals surface area contributed by atoms with Crippen LogP contribution in [0.1, 0.15) is 32.8 Å². The first-order chi connectivity index (χ1) is 13.2. The third-order valence-corrected chi connectivity index (χ3v) is 5.13. The number of benzene rings is 1. The number of hydrogen-bond donors (Lipinski definition) is 1. The van der Waals surface area contributed by atoms with Crippen molar-refractivity contribution in [2.24, 2.45) is 5.41 Å². The lowest BCUT2D eigenvalue weighted by molar-refractivity contribution is -0.0304. The molecule has 2 heterocycles. The standard InChI is InChI=1S/C21H31N3O4/c1-20(2,3)28-19(26)24-15-21(16-24)9-11-23(14-21)12-10-22-18(25)27-13-17-7-5-4-6-8-17/h4-8H,9-16H2,1-3H3,(H,22,25). The van der Waals surface area contributed by atoms with Gasteiger partial charge in [-0.2, -0.15) is 0 Å². The minimum absolute atomic E-state index is 0.185. The van der Waals surface area contributed by atoms with E-state index in [0.29, 0.717) is 6.54 Å². The van der Waals surface area contributed by atoms with Gasteiger partial charge in [0.15, 0.2) is 0 Å². The highest BCUT2D eigenvalue weighted by Gasteiger charge is 2.49. The fraction of sp³-hybridized carbons (Fsp3) is 0.619. The van der Waals surface area contributed by atoms with Crippen molar-refractivity contribution in [2.45, 2.75) is 39.4 Å². The molecule has 7 heteroatoms. The smallest absolute Gasteiger partial charge is 0.410 e. The van der Waals surface area contributed by atoms with Gasteiger partial charge in [-0.15, -0.1) is 0 Å². The second-order valence-electron chi connectivity index (χ2n) is 8.85. The second kappa shape index (κ2) is 8.39. The van der Waals surface area contributed by atoms with E-state index in [2.05, 4.69) is 10.2 Å². The van der Waals surface area contributed by atoms with Gasteiger partial charge in [0.25, 0.3) is 0 Å². The zero-order valence-corrected chi connectivity index (χ0v) is 17.1. The van der Waals surface area contributed by atoms with Crippen molar-refractivity contribution in [3.63, 3.8) is 0 Å². The second-order valence-corrected chi connectivity index (χ2v) is 8.85. The van der Waals surface area contributed by atoms with E-state index in [-0.39, 0.29) is 18.1 Å². The molecule has 3 rings (SSSR count). The van der Waals surface area contributed by atoms with Crippen LogP contribution in [0.5, 0.6) is 0 Å². The number of nitrogens with zero attached hydrogens (tertiary/aromatic N) is 2. The van der Waals surface area contributed by atoms with E-state index in [1.807, 2.05) is 51.1 Å². The number of hydrogen-bond acceptors (Lipinski definition) is 5. The summed E-state index contributed by atoms with van der Waals surface area (Å²) < 4.78 is 10.6. The Kier molecular flexibility index (Phi) is 6.13. The zero-order valence-electron chi connectivity index (χ0n) is 17.1.